The summed E-state index contributed by atoms with van der Waals surface area (Å²) < 4.78 is 0. The van der Waals surface area contributed by atoms with Gasteiger partial charge in [0.05, 0.1) is 5.56 Å². The number of rotatable bonds is 6. The average Bonchev–Trinajstić information content (AvgIpc) is 2.86. The molecule has 32 heavy (non-hydrogen) atoms. The average molecular weight is 449 g/mol. The number of likely N-dealkylation sites (tertiary alicyclic amines) is 1. The van der Waals surface area contributed by atoms with Crippen molar-refractivity contribution in [1.29, 1.82) is 0 Å². The molecule has 0 atom stereocenters. The van der Waals surface area contributed by atoms with Crippen molar-refractivity contribution in [2.75, 3.05) is 25.9 Å². The van der Waals surface area contributed by atoms with Crippen LogP contribution in [0.25, 0.3) is 10.8 Å². The van der Waals surface area contributed by atoms with E-state index in [-0.39, 0.29) is 11.9 Å². The van der Waals surface area contributed by atoms with Crippen LogP contribution in [-0.2, 0) is 6.54 Å². The van der Waals surface area contributed by atoms with E-state index in [1.165, 1.54) is 17.1 Å². The molecular weight excluding hydrogens is 420 g/mol. The lowest BCUT2D eigenvalue weighted by molar-refractivity contribution is 0.0686. The van der Waals surface area contributed by atoms with E-state index in [9.17, 15) is 9.59 Å². The quantitative estimate of drug-likeness (QED) is 0.551. The predicted octanol–water partition coefficient (Wildman–Crippen LogP) is 4.31. The maximum Gasteiger partial charge on any atom is 0.315 e. The number of piperidine rings is 1. The molecule has 0 unspecified atom stereocenters. The van der Waals surface area contributed by atoms with Crippen LogP contribution in [0, 0.1) is 5.92 Å². The second-order valence-corrected chi connectivity index (χ2v) is 8.79. The van der Waals surface area contributed by atoms with Gasteiger partial charge >= 0.3 is 6.03 Å². The van der Waals surface area contributed by atoms with E-state index < -0.39 is 0 Å². The lowest BCUT2D eigenvalue weighted by atomic mass is 9.96. The van der Waals surface area contributed by atoms with E-state index in [0.717, 1.165) is 28.8 Å². The Balaban J connectivity index is 1.22. The molecule has 2 aromatic carbocycles. The molecule has 0 bridgehead atoms. The Morgan fingerprint density at radius 2 is 1.81 bits per heavy atom. The molecule has 7 heteroatoms. The third-order valence-electron chi connectivity index (χ3n) is 5.97. The summed E-state index contributed by atoms with van der Waals surface area (Å²) in [5.74, 6) is 0.415. The highest BCUT2D eigenvalue weighted by atomic mass is 32.2. The number of aromatic nitrogens is 1. The molecule has 0 spiro atoms. The highest BCUT2D eigenvalue weighted by Gasteiger charge is 2.25. The van der Waals surface area contributed by atoms with Gasteiger partial charge in [-0.25, -0.2) is 9.78 Å². The Hall–Kier alpha value is -3.06. The monoisotopic (exact) mass is 448 g/mol. The molecule has 4 rings (SSSR count). The molecule has 0 aliphatic carbocycles. The standard InChI is InChI=1S/C25H28N4O2S/c1-32-23-22(10-5-13-26-23)24(30)29-14-11-18(12-15-29)16-27-25(31)28-17-20-8-4-7-19-6-2-3-9-21(19)20/h2-10,13,18H,11-12,14-17H2,1H3,(H2,27,28,31). The summed E-state index contributed by atoms with van der Waals surface area (Å²) in [6, 6.07) is 17.8. The fraction of sp³-hybridized carbons (Fsp3) is 0.320. The van der Waals surface area contributed by atoms with Crippen LogP contribution >= 0.6 is 11.8 Å². The Labute approximate surface area is 192 Å². The van der Waals surface area contributed by atoms with Gasteiger partial charge in [0.15, 0.2) is 0 Å². The van der Waals surface area contributed by atoms with Crippen molar-refractivity contribution in [2.24, 2.45) is 5.92 Å². The molecule has 1 aromatic heterocycles. The van der Waals surface area contributed by atoms with Crippen LogP contribution in [0.5, 0.6) is 0 Å². The summed E-state index contributed by atoms with van der Waals surface area (Å²) in [4.78, 5) is 31.4. The van der Waals surface area contributed by atoms with Gasteiger partial charge in [-0.2, -0.15) is 0 Å². The van der Waals surface area contributed by atoms with Crippen LogP contribution in [0.4, 0.5) is 4.79 Å². The number of benzene rings is 2. The van der Waals surface area contributed by atoms with E-state index in [1.807, 2.05) is 41.5 Å². The van der Waals surface area contributed by atoms with Gasteiger partial charge in [0.25, 0.3) is 5.91 Å². The van der Waals surface area contributed by atoms with Crippen molar-refractivity contribution >= 4 is 34.5 Å². The summed E-state index contributed by atoms with van der Waals surface area (Å²) in [5, 5.41) is 9.06. The number of thioether (sulfide) groups is 1. The highest BCUT2D eigenvalue weighted by molar-refractivity contribution is 7.98. The maximum absolute atomic E-state index is 12.9. The Kier molecular flexibility index (Phi) is 7.27. The summed E-state index contributed by atoms with van der Waals surface area (Å²) in [7, 11) is 0. The molecule has 1 saturated heterocycles. The third kappa shape index (κ3) is 5.22. The Morgan fingerprint density at radius 3 is 2.62 bits per heavy atom. The fourth-order valence-corrected chi connectivity index (χ4v) is 4.69. The van der Waals surface area contributed by atoms with Gasteiger partial charge < -0.3 is 15.5 Å². The number of hydrogen-bond donors (Lipinski definition) is 2. The number of pyridine rings is 1. The van der Waals surface area contributed by atoms with E-state index in [4.69, 9.17) is 0 Å². The zero-order valence-corrected chi connectivity index (χ0v) is 19.0. The topological polar surface area (TPSA) is 74.3 Å². The van der Waals surface area contributed by atoms with Gasteiger partial charge in [0.2, 0.25) is 0 Å². The first-order valence-corrected chi connectivity index (χ1v) is 12.1. The SMILES string of the molecule is CSc1ncccc1C(=O)N1CCC(CNC(=O)NCc2cccc3ccccc23)CC1. The number of nitrogens with zero attached hydrogens (tertiary/aromatic N) is 2. The van der Waals surface area contributed by atoms with Crippen molar-refractivity contribution in [3.63, 3.8) is 0 Å². The lowest BCUT2D eigenvalue weighted by Crippen LogP contribution is -2.43. The van der Waals surface area contributed by atoms with Crippen LogP contribution < -0.4 is 10.6 Å². The number of amides is 3. The fourth-order valence-electron chi connectivity index (χ4n) is 4.15. The van der Waals surface area contributed by atoms with E-state index in [0.29, 0.717) is 37.7 Å². The molecule has 166 valence electrons. The normalized spacial score (nSPS) is 14.3. The molecule has 1 aliphatic heterocycles. The minimum atomic E-state index is -0.156. The molecule has 2 N–H and O–H groups in total. The van der Waals surface area contributed by atoms with Gasteiger partial charge in [-0.1, -0.05) is 42.5 Å². The van der Waals surface area contributed by atoms with Gasteiger partial charge in [-0.15, -0.1) is 11.8 Å². The summed E-state index contributed by atoms with van der Waals surface area (Å²) in [6.07, 6.45) is 5.41. The summed E-state index contributed by atoms with van der Waals surface area (Å²) in [5.41, 5.74) is 1.77. The third-order valence-corrected chi connectivity index (χ3v) is 6.68. The largest absolute Gasteiger partial charge is 0.339 e. The summed E-state index contributed by atoms with van der Waals surface area (Å²) in [6.45, 7) is 2.51. The summed E-state index contributed by atoms with van der Waals surface area (Å²) >= 11 is 1.49. The molecule has 6 nitrogen and oxygen atoms in total. The molecule has 1 fully saturated rings. The predicted molar refractivity (Wildman–Crippen MR) is 129 cm³/mol. The van der Waals surface area contributed by atoms with Crippen LogP contribution in [0.1, 0.15) is 28.8 Å². The van der Waals surface area contributed by atoms with Gasteiger partial charge in [-0.3, -0.25) is 4.79 Å². The first kappa shape index (κ1) is 22.1. The van der Waals surface area contributed by atoms with E-state index in [2.05, 4.69) is 33.8 Å². The van der Waals surface area contributed by atoms with E-state index in [1.54, 1.807) is 12.3 Å². The zero-order valence-electron chi connectivity index (χ0n) is 18.2. The smallest absolute Gasteiger partial charge is 0.315 e. The minimum absolute atomic E-state index is 0.0432. The van der Waals surface area contributed by atoms with E-state index >= 15 is 0 Å². The van der Waals surface area contributed by atoms with Crippen LogP contribution in [0.3, 0.4) is 0 Å². The van der Waals surface area contributed by atoms with Crippen LogP contribution in [0.15, 0.2) is 65.8 Å². The van der Waals surface area contributed by atoms with Crippen molar-refractivity contribution in [3.05, 3.63) is 71.9 Å². The maximum atomic E-state index is 12.9. The number of fused-ring (bicyclic) bond motifs is 1. The minimum Gasteiger partial charge on any atom is -0.339 e. The molecule has 1 aliphatic rings. The number of urea groups is 1. The molecule has 0 radical (unpaired) electrons. The first-order chi connectivity index (χ1) is 15.7. The Bertz CT molecular complexity index is 1090. The van der Waals surface area contributed by atoms with Crippen molar-refractivity contribution in [3.8, 4) is 0 Å². The van der Waals surface area contributed by atoms with Gasteiger partial charge in [0.1, 0.15) is 5.03 Å². The molecule has 2 heterocycles. The van der Waals surface area contributed by atoms with Crippen molar-refractivity contribution in [1.82, 2.24) is 20.5 Å². The number of hydrogen-bond acceptors (Lipinski definition) is 4. The molecule has 3 amide bonds. The molecule has 3 aromatic rings. The van der Waals surface area contributed by atoms with Gasteiger partial charge in [0, 0.05) is 32.4 Å². The zero-order chi connectivity index (χ0) is 22.3. The number of nitrogens with one attached hydrogen (secondary N) is 2. The molecule has 0 saturated carbocycles. The van der Waals surface area contributed by atoms with Crippen molar-refractivity contribution in [2.45, 2.75) is 24.4 Å². The van der Waals surface area contributed by atoms with Crippen LogP contribution in [-0.4, -0.2) is 47.7 Å². The van der Waals surface area contributed by atoms with Gasteiger partial charge in [-0.05, 0) is 53.5 Å². The first-order valence-electron chi connectivity index (χ1n) is 10.9. The lowest BCUT2D eigenvalue weighted by Gasteiger charge is -2.32. The molecular formula is C25H28N4O2S. The van der Waals surface area contributed by atoms with Crippen molar-refractivity contribution < 1.29 is 9.59 Å². The van der Waals surface area contributed by atoms with Crippen LogP contribution in [0.2, 0.25) is 0 Å². The second kappa shape index (κ2) is 10.5. The second-order valence-electron chi connectivity index (χ2n) is 8.00. The number of carbonyl (C=O) groups is 2. The Morgan fingerprint density at radius 1 is 1.03 bits per heavy atom. The highest BCUT2D eigenvalue weighted by Crippen LogP contribution is 2.23. The number of carbonyl (C=O) groups excluding carboxylic acids is 2.